The van der Waals surface area contributed by atoms with Gasteiger partial charge in [0, 0.05) is 39.3 Å². The number of piperazine rings is 1. The van der Waals surface area contributed by atoms with Gasteiger partial charge in [-0.25, -0.2) is 8.42 Å². The van der Waals surface area contributed by atoms with Crippen molar-refractivity contribution in [2.75, 3.05) is 64.9 Å². The summed E-state index contributed by atoms with van der Waals surface area (Å²) in [5.74, 6) is 0.501. The number of nitrogens with zero attached hydrogens (tertiary/aromatic N) is 4. The Hall–Kier alpha value is -2.46. The Labute approximate surface area is 196 Å². The van der Waals surface area contributed by atoms with Gasteiger partial charge in [-0.3, -0.25) is 4.79 Å². The van der Waals surface area contributed by atoms with Gasteiger partial charge < -0.3 is 19.4 Å². The van der Waals surface area contributed by atoms with Crippen molar-refractivity contribution in [2.45, 2.75) is 17.9 Å². The number of amides is 1. The van der Waals surface area contributed by atoms with Crippen molar-refractivity contribution < 1.29 is 17.9 Å². The predicted molar refractivity (Wildman–Crippen MR) is 128 cm³/mol. The molecule has 0 aliphatic carbocycles. The van der Waals surface area contributed by atoms with Gasteiger partial charge in [-0.2, -0.15) is 4.31 Å². The number of fused-ring (bicyclic) bond motifs is 1. The van der Waals surface area contributed by atoms with Crippen LogP contribution < -0.4 is 9.64 Å². The molecule has 0 radical (unpaired) electrons. The molecule has 33 heavy (non-hydrogen) atoms. The molecule has 0 unspecified atom stereocenters. The Morgan fingerprint density at radius 1 is 0.939 bits per heavy atom. The Morgan fingerprint density at radius 3 is 2.33 bits per heavy atom. The van der Waals surface area contributed by atoms with E-state index in [0.29, 0.717) is 18.0 Å². The number of methoxy groups -OCH3 is 1. The smallest absolute Gasteiger partial charge is 0.245 e. The van der Waals surface area contributed by atoms with Crippen LogP contribution in [0.25, 0.3) is 0 Å². The zero-order valence-corrected chi connectivity index (χ0v) is 20.1. The van der Waals surface area contributed by atoms with E-state index < -0.39 is 10.0 Å². The molecule has 0 saturated carbocycles. The maximum atomic E-state index is 13.5. The Kier molecular flexibility index (Phi) is 7.33. The van der Waals surface area contributed by atoms with Gasteiger partial charge in [0.05, 0.1) is 19.3 Å². The van der Waals surface area contributed by atoms with Crippen LogP contribution in [0, 0.1) is 0 Å². The van der Waals surface area contributed by atoms with Crippen LogP contribution in [-0.4, -0.2) is 88.4 Å². The molecule has 0 bridgehead atoms. The van der Waals surface area contributed by atoms with Gasteiger partial charge in [0.15, 0.2) is 0 Å². The number of sulfonamides is 1. The lowest BCUT2D eigenvalue weighted by molar-refractivity contribution is -0.118. The van der Waals surface area contributed by atoms with E-state index in [2.05, 4.69) is 16.8 Å². The van der Waals surface area contributed by atoms with Gasteiger partial charge in [-0.1, -0.05) is 24.3 Å². The van der Waals surface area contributed by atoms with Crippen LogP contribution in [0.2, 0.25) is 0 Å². The SMILES string of the molecule is COc1ccc(CN2CC(=O)N(CCCN3CCN(C)CC3)c3ccccc3S2(=O)=O)cc1. The highest BCUT2D eigenvalue weighted by Gasteiger charge is 2.36. The summed E-state index contributed by atoms with van der Waals surface area (Å²) in [6, 6.07) is 14.1. The van der Waals surface area contributed by atoms with Gasteiger partial charge >= 0.3 is 0 Å². The highest BCUT2D eigenvalue weighted by molar-refractivity contribution is 7.89. The van der Waals surface area contributed by atoms with E-state index in [4.69, 9.17) is 4.74 Å². The number of hydrogen-bond donors (Lipinski definition) is 0. The first-order valence-corrected chi connectivity index (χ1v) is 12.8. The van der Waals surface area contributed by atoms with E-state index in [-0.39, 0.29) is 23.9 Å². The average molecular weight is 473 g/mol. The summed E-state index contributed by atoms with van der Waals surface area (Å²) in [6.45, 7) is 5.46. The molecule has 0 aromatic heterocycles. The van der Waals surface area contributed by atoms with Crippen molar-refractivity contribution in [2.24, 2.45) is 0 Å². The fourth-order valence-corrected chi connectivity index (χ4v) is 5.91. The minimum Gasteiger partial charge on any atom is -0.497 e. The first-order chi connectivity index (χ1) is 15.9. The molecule has 2 aliphatic heterocycles. The number of carbonyl (C=O) groups excluding carboxylic acids is 1. The zero-order valence-electron chi connectivity index (χ0n) is 19.3. The van der Waals surface area contributed by atoms with Crippen molar-refractivity contribution in [3.63, 3.8) is 0 Å². The molecule has 2 aromatic rings. The Morgan fingerprint density at radius 2 is 1.64 bits per heavy atom. The van der Waals surface area contributed by atoms with Gasteiger partial charge in [0.25, 0.3) is 0 Å². The third kappa shape index (κ3) is 5.38. The number of para-hydroxylation sites is 1. The molecule has 2 aromatic carbocycles. The van der Waals surface area contributed by atoms with Crippen molar-refractivity contribution >= 4 is 21.6 Å². The Balaban J connectivity index is 1.52. The summed E-state index contributed by atoms with van der Waals surface area (Å²) in [5.41, 5.74) is 1.27. The van der Waals surface area contributed by atoms with E-state index in [1.54, 1.807) is 48.4 Å². The molecule has 2 heterocycles. The van der Waals surface area contributed by atoms with Crippen LogP contribution in [0.15, 0.2) is 53.4 Å². The standard InChI is InChI=1S/C24H32N4O4S/c1-25-14-16-26(17-15-25)12-5-13-28-22-6-3-4-7-23(22)33(30,31)27(19-24(28)29)18-20-8-10-21(32-2)11-9-20/h3-4,6-11H,5,12-19H2,1-2H3. The minimum atomic E-state index is -3.83. The van der Waals surface area contributed by atoms with E-state index in [1.165, 1.54) is 4.31 Å². The second kappa shape index (κ2) is 10.2. The quantitative estimate of drug-likeness (QED) is 0.613. The van der Waals surface area contributed by atoms with Crippen LogP contribution in [-0.2, 0) is 21.4 Å². The highest BCUT2D eigenvalue weighted by atomic mass is 32.2. The molecule has 0 spiro atoms. The molecule has 1 fully saturated rings. The second-order valence-corrected chi connectivity index (χ2v) is 10.5. The number of likely N-dealkylation sites (N-methyl/N-ethyl adjacent to an activating group) is 1. The van der Waals surface area contributed by atoms with Crippen LogP contribution >= 0.6 is 0 Å². The van der Waals surface area contributed by atoms with Gasteiger partial charge in [0.2, 0.25) is 15.9 Å². The first kappa shape index (κ1) is 23.7. The summed E-state index contributed by atoms with van der Waals surface area (Å²) < 4.78 is 33.5. The predicted octanol–water partition coefficient (Wildman–Crippen LogP) is 1.87. The van der Waals surface area contributed by atoms with Crippen LogP contribution in [0.3, 0.4) is 0 Å². The molecular formula is C24H32N4O4S. The topological polar surface area (TPSA) is 73.4 Å². The van der Waals surface area contributed by atoms with Gasteiger partial charge in [-0.15, -0.1) is 0 Å². The molecule has 1 amide bonds. The fourth-order valence-electron chi connectivity index (χ4n) is 4.34. The monoisotopic (exact) mass is 472 g/mol. The number of anilines is 1. The van der Waals surface area contributed by atoms with Crippen molar-refractivity contribution in [3.05, 3.63) is 54.1 Å². The molecule has 0 atom stereocenters. The van der Waals surface area contributed by atoms with E-state index in [9.17, 15) is 13.2 Å². The number of carbonyl (C=O) groups is 1. The Bertz CT molecular complexity index is 1070. The van der Waals surface area contributed by atoms with Crippen molar-refractivity contribution in [1.82, 2.24) is 14.1 Å². The largest absolute Gasteiger partial charge is 0.497 e. The van der Waals surface area contributed by atoms with Crippen molar-refractivity contribution in [3.8, 4) is 5.75 Å². The average Bonchev–Trinajstić information content (AvgIpc) is 2.89. The summed E-state index contributed by atoms with van der Waals surface area (Å²) in [4.78, 5) is 19.8. The molecule has 8 nitrogen and oxygen atoms in total. The summed E-state index contributed by atoms with van der Waals surface area (Å²) >= 11 is 0. The maximum absolute atomic E-state index is 13.5. The van der Waals surface area contributed by atoms with Crippen LogP contribution in [0.5, 0.6) is 5.75 Å². The summed E-state index contributed by atoms with van der Waals surface area (Å²) in [6.07, 6.45) is 0.794. The molecular weight excluding hydrogens is 440 g/mol. The summed E-state index contributed by atoms with van der Waals surface area (Å²) in [5, 5.41) is 0. The second-order valence-electron chi connectivity index (χ2n) is 8.63. The minimum absolute atomic E-state index is 0.127. The van der Waals surface area contributed by atoms with Gasteiger partial charge in [-0.05, 0) is 49.8 Å². The number of benzene rings is 2. The zero-order chi connectivity index (χ0) is 23.4. The lowest BCUT2D eigenvalue weighted by Gasteiger charge is -2.33. The molecule has 9 heteroatoms. The van der Waals surface area contributed by atoms with Crippen molar-refractivity contribution in [1.29, 1.82) is 0 Å². The lowest BCUT2D eigenvalue weighted by Crippen LogP contribution is -2.45. The third-order valence-electron chi connectivity index (χ3n) is 6.36. The van der Waals surface area contributed by atoms with Crippen LogP contribution in [0.1, 0.15) is 12.0 Å². The molecule has 2 aliphatic rings. The third-order valence-corrected chi connectivity index (χ3v) is 8.20. The van der Waals surface area contributed by atoms with Gasteiger partial charge in [0.1, 0.15) is 10.6 Å². The molecule has 0 N–H and O–H groups in total. The molecule has 4 rings (SSSR count). The fraction of sp³-hybridized carbons (Fsp3) is 0.458. The highest BCUT2D eigenvalue weighted by Crippen LogP contribution is 2.32. The van der Waals surface area contributed by atoms with E-state index in [1.807, 2.05) is 12.1 Å². The summed E-state index contributed by atoms with van der Waals surface area (Å²) in [7, 11) is -0.114. The molecule has 178 valence electrons. The maximum Gasteiger partial charge on any atom is 0.245 e. The normalized spacial score (nSPS) is 19.8. The number of ether oxygens (including phenoxy) is 1. The first-order valence-electron chi connectivity index (χ1n) is 11.3. The number of hydrogen-bond acceptors (Lipinski definition) is 6. The molecule has 1 saturated heterocycles. The van der Waals surface area contributed by atoms with Crippen LogP contribution in [0.4, 0.5) is 5.69 Å². The van der Waals surface area contributed by atoms with E-state index in [0.717, 1.165) is 44.7 Å². The van der Waals surface area contributed by atoms with E-state index >= 15 is 0 Å². The lowest BCUT2D eigenvalue weighted by atomic mass is 10.2. The number of rotatable bonds is 7.